The van der Waals surface area contributed by atoms with Gasteiger partial charge in [0.25, 0.3) is 5.91 Å². The molecule has 7 nitrogen and oxygen atoms in total. The van der Waals surface area contributed by atoms with Crippen molar-refractivity contribution in [3.8, 4) is 0 Å². The molecule has 0 spiro atoms. The van der Waals surface area contributed by atoms with Crippen molar-refractivity contribution in [2.75, 3.05) is 16.8 Å². The zero-order valence-electron chi connectivity index (χ0n) is 19.0. The Morgan fingerprint density at radius 2 is 1.74 bits per heavy atom. The molecule has 34 heavy (non-hydrogen) atoms. The predicted molar refractivity (Wildman–Crippen MR) is 134 cm³/mol. The van der Waals surface area contributed by atoms with Crippen LogP contribution in [0.2, 0.25) is 0 Å². The molecule has 1 aliphatic heterocycles. The molecule has 4 rings (SSSR count). The molecule has 0 unspecified atom stereocenters. The van der Waals surface area contributed by atoms with Gasteiger partial charge in [0.05, 0.1) is 22.2 Å². The molecule has 176 valence electrons. The van der Waals surface area contributed by atoms with E-state index in [1.54, 1.807) is 35.2 Å². The number of aryl methyl sites for hydroxylation is 1. The number of sulfonamides is 1. The summed E-state index contributed by atoms with van der Waals surface area (Å²) < 4.78 is 27.7. The van der Waals surface area contributed by atoms with Crippen molar-refractivity contribution >= 4 is 45.0 Å². The lowest BCUT2D eigenvalue weighted by molar-refractivity contribution is -0.117. The van der Waals surface area contributed by atoms with Gasteiger partial charge in [-0.1, -0.05) is 41.6 Å². The number of nitrogens with zero attached hydrogens (tertiary/aromatic N) is 1. The van der Waals surface area contributed by atoms with Crippen molar-refractivity contribution in [2.24, 2.45) is 0 Å². The second kappa shape index (κ2) is 9.61. The van der Waals surface area contributed by atoms with Gasteiger partial charge in [-0.3, -0.25) is 9.59 Å². The Morgan fingerprint density at radius 1 is 1.03 bits per heavy atom. The molecule has 2 amide bonds. The van der Waals surface area contributed by atoms with E-state index in [9.17, 15) is 18.0 Å². The maximum Gasteiger partial charge on any atom is 0.259 e. The number of hydrogen-bond acceptors (Lipinski definition) is 5. The van der Waals surface area contributed by atoms with E-state index in [0.717, 1.165) is 21.0 Å². The SMILES string of the molecule is CCN1C(=O)c2ccccc2Sc2cc(NC(=O)[C@@H](C)NS(=O)(=O)c3ccc(C)cc3)ccc21. The maximum absolute atomic E-state index is 13.0. The number of rotatable bonds is 6. The van der Waals surface area contributed by atoms with Crippen LogP contribution in [0, 0.1) is 6.92 Å². The number of amides is 2. The van der Waals surface area contributed by atoms with Crippen LogP contribution < -0.4 is 14.9 Å². The van der Waals surface area contributed by atoms with Crippen molar-refractivity contribution in [1.82, 2.24) is 4.72 Å². The highest BCUT2D eigenvalue weighted by Gasteiger charge is 2.27. The first-order chi connectivity index (χ1) is 16.2. The first-order valence-corrected chi connectivity index (χ1v) is 13.1. The van der Waals surface area contributed by atoms with Crippen LogP contribution in [0.25, 0.3) is 0 Å². The van der Waals surface area contributed by atoms with Crippen LogP contribution in [-0.2, 0) is 14.8 Å². The van der Waals surface area contributed by atoms with Crippen LogP contribution in [0.15, 0.2) is 81.4 Å². The van der Waals surface area contributed by atoms with Crippen LogP contribution in [-0.4, -0.2) is 32.8 Å². The monoisotopic (exact) mass is 495 g/mol. The molecular weight excluding hydrogens is 470 g/mol. The Labute approximate surface area is 203 Å². The zero-order valence-corrected chi connectivity index (χ0v) is 20.7. The lowest BCUT2D eigenvalue weighted by Crippen LogP contribution is -2.41. The fraction of sp³-hybridized carbons (Fsp3) is 0.200. The average Bonchev–Trinajstić information content (AvgIpc) is 2.92. The summed E-state index contributed by atoms with van der Waals surface area (Å²) in [7, 11) is -3.84. The van der Waals surface area contributed by atoms with E-state index in [1.807, 2.05) is 38.1 Å². The molecule has 0 saturated carbocycles. The zero-order chi connectivity index (χ0) is 24.5. The van der Waals surface area contributed by atoms with Crippen LogP contribution in [0.1, 0.15) is 29.8 Å². The molecule has 1 aliphatic rings. The molecule has 3 aromatic carbocycles. The fourth-order valence-corrected chi connectivity index (χ4v) is 5.96. The van der Waals surface area contributed by atoms with Crippen LogP contribution in [0.4, 0.5) is 11.4 Å². The second-order valence-corrected chi connectivity index (χ2v) is 10.8. The summed E-state index contributed by atoms with van der Waals surface area (Å²) in [5, 5.41) is 2.78. The normalized spacial score (nSPS) is 14.1. The number of hydrogen-bond donors (Lipinski definition) is 2. The Morgan fingerprint density at radius 3 is 2.44 bits per heavy atom. The number of fused-ring (bicyclic) bond motifs is 2. The van der Waals surface area contributed by atoms with E-state index in [-0.39, 0.29) is 10.8 Å². The largest absolute Gasteiger partial charge is 0.325 e. The molecule has 0 saturated heterocycles. The fourth-order valence-electron chi connectivity index (χ4n) is 3.64. The van der Waals surface area contributed by atoms with Crippen LogP contribution in [0.5, 0.6) is 0 Å². The van der Waals surface area contributed by atoms with E-state index in [4.69, 9.17) is 0 Å². The highest BCUT2D eigenvalue weighted by atomic mass is 32.2. The summed E-state index contributed by atoms with van der Waals surface area (Å²) in [6, 6.07) is 18.2. The van der Waals surface area contributed by atoms with Gasteiger partial charge in [0.2, 0.25) is 15.9 Å². The van der Waals surface area contributed by atoms with Gasteiger partial charge in [0, 0.05) is 22.0 Å². The van der Waals surface area contributed by atoms with Gasteiger partial charge in [-0.05, 0) is 63.2 Å². The van der Waals surface area contributed by atoms with Gasteiger partial charge in [0.1, 0.15) is 0 Å². The van der Waals surface area contributed by atoms with E-state index in [1.165, 1.54) is 30.8 Å². The smallest absolute Gasteiger partial charge is 0.259 e. The minimum Gasteiger partial charge on any atom is -0.325 e. The summed E-state index contributed by atoms with van der Waals surface area (Å²) in [4.78, 5) is 29.3. The van der Waals surface area contributed by atoms with Gasteiger partial charge < -0.3 is 10.2 Å². The van der Waals surface area contributed by atoms with Crippen LogP contribution in [0.3, 0.4) is 0 Å². The Kier molecular flexibility index (Phi) is 6.79. The van der Waals surface area contributed by atoms with Crippen LogP contribution >= 0.6 is 11.8 Å². The second-order valence-electron chi connectivity index (χ2n) is 7.98. The molecule has 2 N–H and O–H groups in total. The number of anilines is 2. The third kappa shape index (κ3) is 4.86. The number of benzene rings is 3. The molecule has 3 aromatic rings. The van der Waals surface area contributed by atoms with Gasteiger partial charge in [0.15, 0.2) is 0 Å². The quantitative estimate of drug-likeness (QED) is 0.527. The standard InChI is InChI=1S/C25H25N3O4S2/c1-4-28-21-14-11-18(15-23(21)33-22-8-6-5-7-20(22)25(28)30)26-24(29)17(3)27-34(31,32)19-12-9-16(2)10-13-19/h5-15,17,27H,4H2,1-3H3,(H,26,29)/t17-/m1/s1. The average molecular weight is 496 g/mol. The number of nitrogens with one attached hydrogen (secondary N) is 2. The summed E-state index contributed by atoms with van der Waals surface area (Å²) in [6.07, 6.45) is 0. The number of carbonyl (C=O) groups excluding carboxylic acids is 2. The minimum atomic E-state index is -3.84. The topological polar surface area (TPSA) is 95.6 Å². The molecule has 0 bridgehead atoms. The van der Waals surface area contributed by atoms with Gasteiger partial charge in [-0.15, -0.1) is 0 Å². The van der Waals surface area contributed by atoms with E-state index in [2.05, 4.69) is 10.0 Å². The molecule has 0 aliphatic carbocycles. The Balaban J connectivity index is 1.54. The van der Waals surface area contributed by atoms with Crippen molar-refractivity contribution in [3.05, 3.63) is 77.9 Å². The molecule has 1 atom stereocenters. The summed E-state index contributed by atoms with van der Waals surface area (Å²) in [5.74, 6) is -0.557. The maximum atomic E-state index is 13.0. The summed E-state index contributed by atoms with van der Waals surface area (Å²) in [5.41, 5.74) is 2.85. The van der Waals surface area contributed by atoms with Gasteiger partial charge >= 0.3 is 0 Å². The predicted octanol–water partition coefficient (Wildman–Crippen LogP) is 4.43. The molecule has 1 heterocycles. The van der Waals surface area contributed by atoms with Crippen molar-refractivity contribution in [1.29, 1.82) is 0 Å². The molecule has 0 radical (unpaired) electrons. The highest BCUT2D eigenvalue weighted by Crippen LogP contribution is 2.42. The van der Waals surface area contributed by atoms with Gasteiger partial charge in [-0.25, -0.2) is 8.42 Å². The first kappa shape index (κ1) is 24.0. The summed E-state index contributed by atoms with van der Waals surface area (Å²) in [6.45, 7) is 5.78. The first-order valence-electron chi connectivity index (χ1n) is 10.8. The van der Waals surface area contributed by atoms with E-state index in [0.29, 0.717) is 17.8 Å². The molecular formula is C25H25N3O4S2. The van der Waals surface area contributed by atoms with Crippen molar-refractivity contribution < 1.29 is 18.0 Å². The van der Waals surface area contributed by atoms with Crippen molar-refractivity contribution in [3.63, 3.8) is 0 Å². The number of carbonyl (C=O) groups is 2. The Hall–Kier alpha value is -3.14. The van der Waals surface area contributed by atoms with Gasteiger partial charge in [-0.2, -0.15) is 4.72 Å². The lowest BCUT2D eigenvalue weighted by atomic mass is 10.1. The van der Waals surface area contributed by atoms with E-state index < -0.39 is 22.0 Å². The lowest BCUT2D eigenvalue weighted by Gasteiger charge is -2.22. The molecule has 9 heteroatoms. The van der Waals surface area contributed by atoms with E-state index >= 15 is 0 Å². The molecule has 0 fully saturated rings. The highest BCUT2D eigenvalue weighted by molar-refractivity contribution is 7.99. The third-order valence-corrected chi connectivity index (χ3v) is 8.15. The van der Waals surface area contributed by atoms with Crippen molar-refractivity contribution in [2.45, 2.75) is 41.5 Å². The minimum absolute atomic E-state index is 0.0692. The Bertz CT molecular complexity index is 1350. The summed E-state index contributed by atoms with van der Waals surface area (Å²) >= 11 is 1.46. The molecule has 0 aromatic heterocycles. The third-order valence-electron chi connectivity index (χ3n) is 5.47.